The minimum absolute atomic E-state index is 0.350. The first-order valence-corrected chi connectivity index (χ1v) is 3.12. The van der Waals surface area contributed by atoms with Crippen molar-refractivity contribution in [1.82, 2.24) is 4.90 Å². The number of aliphatic hydroxyl groups excluding tert-OH is 1. The topological polar surface area (TPSA) is 49.5 Å². The van der Waals surface area contributed by atoms with Crippen molar-refractivity contribution >= 4 is 0 Å². The van der Waals surface area contributed by atoms with Gasteiger partial charge in [0.1, 0.15) is 0 Å². The van der Waals surface area contributed by atoms with E-state index in [1.807, 2.05) is 7.05 Å². The van der Waals surface area contributed by atoms with E-state index < -0.39 is 0 Å². The summed E-state index contributed by atoms with van der Waals surface area (Å²) >= 11 is 0. The van der Waals surface area contributed by atoms with Gasteiger partial charge in [0.05, 0.1) is 0 Å². The number of hydrogen-bond acceptors (Lipinski definition) is 3. The predicted molar refractivity (Wildman–Crippen MR) is 37.2 cm³/mol. The Balaban J connectivity index is 3.16. The fraction of sp³-hybridized carbons (Fsp3) is 0.833. The maximum Gasteiger partial charge on any atom is 0.157 e. The van der Waals surface area contributed by atoms with Crippen LogP contribution in [0, 0.1) is 6.23 Å². The first kappa shape index (κ1) is 8.88. The molecule has 0 spiro atoms. The van der Waals surface area contributed by atoms with Crippen LogP contribution in [0.4, 0.5) is 0 Å². The molecule has 0 aliphatic heterocycles. The molecule has 0 aliphatic carbocycles. The Morgan fingerprint density at radius 1 is 1.67 bits per heavy atom. The van der Waals surface area contributed by atoms with E-state index in [2.05, 4.69) is 0 Å². The van der Waals surface area contributed by atoms with E-state index in [1.165, 1.54) is 0 Å². The zero-order valence-corrected chi connectivity index (χ0v) is 6.09. The smallest absolute Gasteiger partial charge is 0.157 e. The van der Waals surface area contributed by atoms with Gasteiger partial charge in [-0.25, -0.2) is 0 Å². The Bertz CT molecular complexity index is 66.1. The van der Waals surface area contributed by atoms with Gasteiger partial charge in [0.15, 0.2) is 6.23 Å². The van der Waals surface area contributed by atoms with Gasteiger partial charge in [-0.1, -0.05) is 0 Å². The lowest BCUT2D eigenvalue weighted by atomic mass is 10.4. The van der Waals surface area contributed by atoms with Crippen LogP contribution in [0.3, 0.4) is 0 Å². The molecule has 0 amide bonds. The van der Waals surface area contributed by atoms with Crippen LogP contribution < -0.4 is 5.73 Å². The average molecular weight is 131 g/mol. The fourth-order valence-electron chi connectivity index (χ4n) is 0.490. The lowest BCUT2D eigenvalue weighted by Gasteiger charge is -2.17. The summed E-state index contributed by atoms with van der Waals surface area (Å²) in [6.07, 6.45) is 1.28. The van der Waals surface area contributed by atoms with Crippen molar-refractivity contribution in [3.8, 4) is 0 Å². The quantitative estimate of drug-likeness (QED) is 0.571. The molecule has 0 unspecified atom stereocenters. The summed E-state index contributed by atoms with van der Waals surface area (Å²) in [6.45, 7) is 3.17. The molecule has 0 atom stereocenters. The third kappa shape index (κ3) is 4.39. The molecule has 0 heterocycles. The standard InChI is InChI=1S/C6H15N2O/c1-6(9)8(2)5-3-4-7/h9H,3-5,7H2,1-2H3. The Morgan fingerprint density at radius 3 is 2.56 bits per heavy atom. The minimum atomic E-state index is 0.350. The molecule has 3 nitrogen and oxygen atoms in total. The highest BCUT2D eigenvalue weighted by molar-refractivity contribution is 4.66. The molecular weight excluding hydrogens is 116 g/mol. The molecule has 0 aliphatic rings. The Hall–Kier alpha value is -0.120. The summed E-state index contributed by atoms with van der Waals surface area (Å²) < 4.78 is 0. The molecule has 3 N–H and O–H groups in total. The van der Waals surface area contributed by atoms with Gasteiger partial charge in [0.2, 0.25) is 0 Å². The molecule has 0 aromatic rings. The lowest BCUT2D eigenvalue weighted by molar-refractivity contribution is 0.145. The van der Waals surface area contributed by atoms with E-state index in [-0.39, 0.29) is 0 Å². The first-order chi connectivity index (χ1) is 4.18. The van der Waals surface area contributed by atoms with Gasteiger partial charge in [-0.15, -0.1) is 0 Å². The molecule has 0 saturated heterocycles. The molecule has 0 aromatic heterocycles. The molecule has 0 bridgehead atoms. The molecular formula is C6H15N2O. The SMILES string of the molecule is C[C](O)N(C)CCCN. The van der Waals surface area contributed by atoms with Crippen LogP contribution in [0.25, 0.3) is 0 Å². The summed E-state index contributed by atoms with van der Waals surface area (Å²) in [6, 6.07) is 0. The second-order valence-electron chi connectivity index (χ2n) is 2.11. The molecule has 0 fully saturated rings. The summed E-state index contributed by atoms with van der Waals surface area (Å²) in [5, 5.41) is 8.85. The molecule has 3 heteroatoms. The average Bonchev–Trinajstić information content (AvgIpc) is 1.82. The highest BCUT2D eigenvalue weighted by Crippen LogP contribution is 1.97. The largest absolute Gasteiger partial charge is 0.371 e. The normalized spacial score (nSPS) is 11.3. The second-order valence-corrected chi connectivity index (χ2v) is 2.11. The maximum atomic E-state index is 8.85. The van der Waals surface area contributed by atoms with Gasteiger partial charge >= 0.3 is 0 Å². The molecule has 9 heavy (non-hydrogen) atoms. The second kappa shape index (κ2) is 4.73. The van der Waals surface area contributed by atoms with Crippen LogP contribution >= 0.6 is 0 Å². The van der Waals surface area contributed by atoms with Crippen LogP contribution in [0.2, 0.25) is 0 Å². The van der Waals surface area contributed by atoms with Crippen molar-refractivity contribution < 1.29 is 5.11 Å². The van der Waals surface area contributed by atoms with Crippen LogP contribution in [0.1, 0.15) is 13.3 Å². The Kier molecular flexibility index (Phi) is 4.67. The monoisotopic (exact) mass is 131 g/mol. The Morgan fingerprint density at radius 2 is 2.22 bits per heavy atom. The number of rotatable bonds is 4. The van der Waals surface area contributed by atoms with Gasteiger partial charge in [-0.3, -0.25) is 4.90 Å². The zero-order valence-electron chi connectivity index (χ0n) is 6.09. The summed E-state index contributed by atoms with van der Waals surface area (Å²) in [5.41, 5.74) is 5.26. The van der Waals surface area contributed by atoms with Gasteiger partial charge in [-0.2, -0.15) is 0 Å². The minimum Gasteiger partial charge on any atom is -0.371 e. The Labute approximate surface area is 56.5 Å². The van der Waals surface area contributed by atoms with Crippen LogP contribution in [0.15, 0.2) is 0 Å². The molecule has 0 saturated carbocycles. The van der Waals surface area contributed by atoms with Gasteiger partial charge in [0, 0.05) is 6.54 Å². The van der Waals surface area contributed by atoms with Crippen LogP contribution in [-0.2, 0) is 0 Å². The summed E-state index contributed by atoms with van der Waals surface area (Å²) in [5.74, 6) is 0. The fourth-order valence-corrected chi connectivity index (χ4v) is 0.490. The van der Waals surface area contributed by atoms with Crippen molar-refractivity contribution in [2.24, 2.45) is 5.73 Å². The zero-order chi connectivity index (χ0) is 7.28. The number of hydrogen-bond donors (Lipinski definition) is 2. The van der Waals surface area contributed by atoms with E-state index in [0.29, 0.717) is 12.8 Å². The van der Waals surface area contributed by atoms with Crippen molar-refractivity contribution in [3.63, 3.8) is 0 Å². The summed E-state index contributed by atoms with van der Waals surface area (Å²) in [4.78, 5) is 1.77. The van der Waals surface area contributed by atoms with Crippen molar-refractivity contribution in [2.45, 2.75) is 13.3 Å². The molecule has 0 rings (SSSR count). The number of nitrogens with zero attached hydrogens (tertiary/aromatic N) is 1. The predicted octanol–water partition coefficient (Wildman–Crippen LogP) is 0.149. The number of aliphatic hydroxyl groups is 1. The van der Waals surface area contributed by atoms with Crippen molar-refractivity contribution in [2.75, 3.05) is 20.1 Å². The van der Waals surface area contributed by atoms with Crippen molar-refractivity contribution in [3.05, 3.63) is 6.23 Å². The maximum absolute atomic E-state index is 8.85. The van der Waals surface area contributed by atoms with Gasteiger partial charge in [-0.05, 0) is 26.9 Å². The lowest BCUT2D eigenvalue weighted by Crippen LogP contribution is -2.24. The molecule has 1 radical (unpaired) electrons. The van der Waals surface area contributed by atoms with Crippen molar-refractivity contribution in [1.29, 1.82) is 0 Å². The van der Waals surface area contributed by atoms with E-state index in [1.54, 1.807) is 11.8 Å². The van der Waals surface area contributed by atoms with E-state index in [0.717, 1.165) is 13.0 Å². The third-order valence-electron chi connectivity index (χ3n) is 1.25. The third-order valence-corrected chi connectivity index (χ3v) is 1.25. The highest BCUT2D eigenvalue weighted by atomic mass is 16.3. The first-order valence-electron chi connectivity index (χ1n) is 3.12. The number of nitrogens with two attached hydrogens (primary N) is 1. The van der Waals surface area contributed by atoms with Crippen LogP contribution in [0.5, 0.6) is 0 Å². The van der Waals surface area contributed by atoms with Gasteiger partial charge in [0.25, 0.3) is 0 Å². The molecule has 0 aromatic carbocycles. The highest BCUT2D eigenvalue weighted by Gasteiger charge is 2.03. The van der Waals surface area contributed by atoms with Crippen LogP contribution in [-0.4, -0.2) is 30.1 Å². The van der Waals surface area contributed by atoms with E-state index in [9.17, 15) is 0 Å². The van der Waals surface area contributed by atoms with E-state index in [4.69, 9.17) is 10.8 Å². The summed E-state index contributed by atoms with van der Waals surface area (Å²) in [7, 11) is 1.84. The van der Waals surface area contributed by atoms with E-state index >= 15 is 0 Å². The molecule has 55 valence electrons. The van der Waals surface area contributed by atoms with Gasteiger partial charge < -0.3 is 10.8 Å².